The number of halogens is 1. The fraction of sp³-hybridized carbons (Fsp3) is 0.571. The second-order valence-electron chi connectivity index (χ2n) is 2.64. The average molecular weight is 172 g/mol. The van der Waals surface area contributed by atoms with Gasteiger partial charge in [-0.1, -0.05) is 5.16 Å². The number of alkyl halides is 1. The Morgan fingerprint density at radius 2 is 2.45 bits per heavy atom. The molecule has 0 aromatic carbocycles. The molecule has 0 atom stereocenters. The molecule has 0 bridgehead atoms. The molecule has 1 fully saturated rings. The Balaban J connectivity index is 2.11. The van der Waals surface area contributed by atoms with E-state index in [0.29, 0.717) is 17.7 Å². The molecule has 3 nitrogen and oxygen atoms in total. The van der Waals surface area contributed by atoms with Crippen molar-refractivity contribution in [3.05, 3.63) is 18.1 Å². The topological polar surface area (TPSA) is 38.9 Å². The van der Waals surface area contributed by atoms with Crippen molar-refractivity contribution in [1.82, 2.24) is 10.1 Å². The number of nitrogens with zero attached hydrogens (tertiary/aromatic N) is 2. The maximum atomic E-state index is 5.50. The van der Waals surface area contributed by atoms with E-state index in [0.717, 1.165) is 18.7 Å². The van der Waals surface area contributed by atoms with Gasteiger partial charge in [0.15, 0.2) is 5.82 Å². The zero-order valence-electron chi connectivity index (χ0n) is 5.96. The van der Waals surface area contributed by atoms with E-state index in [9.17, 15) is 0 Å². The molecule has 59 valence electrons. The van der Waals surface area contributed by atoms with Gasteiger partial charge in [0.2, 0.25) is 5.89 Å². The first-order valence-corrected chi connectivity index (χ1v) is 4.13. The molecular weight excluding hydrogens is 164 g/mol. The molecule has 0 aliphatic heterocycles. The van der Waals surface area contributed by atoms with E-state index in [-0.39, 0.29) is 0 Å². The third kappa shape index (κ3) is 1.25. The summed E-state index contributed by atoms with van der Waals surface area (Å²) >= 11 is 5.50. The van der Waals surface area contributed by atoms with Gasteiger partial charge >= 0.3 is 0 Å². The van der Waals surface area contributed by atoms with Gasteiger partial charge in [-0.05, 0) is 19.3 Å². The van der Waals surface area contributed by atoms with Crippen LogP contribution in [0.3, 0.4) is 0 Å². The van der Waals surface area contributed by atoms with Gasteiger partial charge in [0.1, 0.15) is 5.88 Å². The van der Waals surface area contributed by atoms with Gasteiger partial charge in [-0.25, -0.2) is 0 Å². The van der Waals surface area contributed by atoms with E-state index in [4.69, 9.17) is 16.1 Å². The Hall–Kier alpha value is -0.570. The SMILES string of the molecule is ClCc1nc(C2C[CH]C2)no1. The number of hydrogen-bond donors (Lipinski definition) is 0. The lowest BCUT2D eigenvalue weighted by Crippen LogP contribution is -2.11. The monoisotopic (exact) mass is 171 g/mol. The molecular formula is C7H8ClN2O. The van der Waals surface area contributed by atoms with E-state index < -0.39 is 0 Å². The lowest BCUT2D eigenvalue weighted by Gasteiger charge is -2.20. The maximum Gasteiger partial charge on any atom is 0.241 e. The van der Waals surface area contributed by atoms with Gasteiger partial charge in [0.25, 0.3) is 0 Å². The zero-order chi connectivity index (χ0) is 7.68. The van der Waals surface area contributed by atoms with Crippen LogP contribution < -0.4 is 0 Å². The van der Waals surface area contributed by atoms with Crippen LogP contribution in [0.15, 0.2) is 4.52 Å². The third-order valence-corrected chi connectivity index (χ3v) is 2.09. The van der Waals surface area contributed by atoms with Crippen LogP contribution in [0.4, 0.5) is 0 Å². The Bertz CT molecular complexity index is 244. The fourth-order valence-electron chi connectivity index (χ4n) is 1.03. The molecule has 1 aromatic rings. The summed E-state index contributed by atoms with van der Waals surface area (Å²) in [5.41, 5.74) is 0. The molecule has 1 aromatic heterocycles. The minimum Gasteiger partial charge on any atom is -0.338 e. The van der Waals surface area contributed by atoms with Gasteiger partial charge in [-0.15, -0.1) is 11.6 Å². The smallest absolute Gasteiger partial charge is 0.241 e. The summed E-state index contributed by atoms with van der Waals surface area (Å²) in [5, 5.41) is 3.82. The van der Waals surface area contributed by atoms with Crippen molar-refractivity contribution < 1.29 is 4.52 Å². The quantitative estimate of drug-likeness (QED) is 0.638. The van der Waals surface area contributed by atoms with Gasteiger partial charge < -0.3 is 4.52 Å². The highest BCUT2D eigenvalue weighted by Crippen LogP contribution is 2.33. The molecule has 0 unspecified atom stereocenters. The molecule has 0 amide bonds. The molecule has 1 radical (unpaired) electrons. The number of hydrogen-bond acceptors (Lipinski definition) is 3. The Morgan fingerprint density at radius 3 is 2.91 bits per heavy atom. The average Bonchev–Trinajstić information content (AvgIpc) is 2.32. The second kappa shape index (κ2) is 2.81. The van der Waals surface area contributed by atoms with Crippen molar-refractivity contribution in [2.24, 2.45) is 0 Å². The molecule has 0 saturated heterocycles. The molecule has 0 spiro atoms. The molecule has 1 aliphatic rings. The zero-order valence-corrected chi connectivity index (χ0v) is 6.71. The molecule has 1 saturated carbocycles. The summed E-state index contributed by atoms with van der Waals surface area (Å²) in [6.45, 7) is 0. The first kappa shape index (κ1) is 7.10. The predicted molar refractivity (Wildman–Crippen MR) is 40.1 cm³/mol. The lowest BCUT2D eigenvalue weighted by atomic mass is 9.85. The van der Waals surface area contributed by atoms with Crippen molar-refractivity contribution in [2.45, 2.75) is 24.6 Å². The standard InChI is InChI=1S/C7H8ClN2O/c8-4-6-9-7(10-11-6)5-2-1-3-5/h1,5H,2-4H2. The largest absolute Gasteiger partial charge is 0.338 e. The van der Waals surface area contributed by atoms with Crippen molar-refractivity contribution in [3.8, 4) is 0 Å². The lowest BCUT2D eigenvalue weighted by molar-refractivity contribution is 0.373. The molecule has 4 heteroatoms. The van der Waals surface area contributed by atoms with Crippen LogP contribution in [0.2, 0.25) is 0 Å². The highest BCUT2D eigenvalue weighted by Gasteiger charge is 2.24. The van der Waals surface area contributed by atoms with Crippen LogP contribution in [0.25, 0.3) is 0 Å². The second-order valence-corrected chi connectivity index (χ2v) is 2.90. The van der Waals surface area contributed by atoms with Gasteiger partial charge in [0.05, 0.1) is 0 Å². The fourth-order valence-corrected chi connectivity index (χ4v) is 1.14. The molecule has 2 rings (SSSR count). The summed E-state index contributed by atoms with van der Waals surface area (Å²) in [6.07, 6.45) is 4.35. The van der Waals surface area contributed by atoms with Crippen molar-refractivity contribution in [3.63, 3.8) is 0 Å². The van der Waals surface area contributed by atoms with E-state index in [1.54, 1.807) is 0 Å². The minimum atomic E-state index is 0.309. The van der Waals surface area contributed by atoms with Crippen LogP contribution in [0.5, 0.6) is 0 Å². The Kier molecular flexibility index (Phi) is 1.82. The van der Waals surface area contributed by atoms with E-state index in [2.05, 4.69) is 16.6 Å². The highest BCUT2D eigenvalue weighted by molar-refractivity contribution is 6.16. The van der Waals surface area contributed by atoms with E-state index in [1.165, 1.54) is 0 Å². The van der Waals surface area contributed by atoms with Crippen LogP contribution in [-0.2, 0) is 5.88 Å². The van der Waals surface area contributed by atoms with Crippen molar-refractivity contribution in [1.29, 1.82) is 0 Å². The third-order valence-electron chi connectivity index (χ3n) is 1.87. The number of aromatic nitrogens is 2. The highest BCUT2D eigenvalue weighted by atomic mass is 35.5. The minimum absolute atomic E-state index is 0.309. The summed E-state index contributed by atoms with van der Waals surface area (Å²) in [4.78, 5) is 4.12. The van der Waals surface area contributed by atoms with Crippen LogP contribution in [0.1, 0.15) is 30.5 Å². The molecule has 0 N–H and O–H groups in total. The Labute approximate surface area is 69.7 Å². The first-order valence-electron chi connectivity index (χ1n) is 3.60. The molecule has 1 heterocycles. The van der Waals surface area contributed by atoms with Gasteiger partial charge in [0, 0.05) is 5.92 Å². The normalized spacial score (nSPS) is 18.3. The van der Waals surface area contributed by atoms with Crippen LogP contribution in [0, 0.1) is 6.42 Å². The van der Waals surface area contributed by atoms with Crippen LogP contribution in [-0.4, -0.2) is 10.1 Å². The molecule has 1 aliphatic carbocycles. The van der Waals surface area contributed by atoms with Gasteiger partial charge in [-0.3, -0.25) is 0 Å². The van der Waals surface area contributed by atoms with Crippen molar-refractivity contribution >= 4 is 11.6 Å². The summed E-state index contributed by atoms with van der Waals surface area (Å²) in [6, 6.07) is 0. The predicted octanol–water partition coefficient (Wildman–Crippen LogP) is 1.89. The van der Waals surface area contributed by atoms with E-state index in [1.807, 2.05) is 0 Å². The molecule has 11 heavy (non-hydrogen) atoms. The summed E-state index contributed by atoms with van der Waals surface area (Å²) in [7, 11) is 0. The number of rotatable bonds is 2. The Morgan fingerprint density at radius 1 is 1.64 bits per heavy atom. The summed E-state index contributed by atoms with van der Waals surface area (Å²) in [5.74, 6) is 2.12. The van der Waals surface area contributed by atoms with E-state index >= 15 is 0 Å². The van der Waals surface area contributed by atoms with Crippen molar-refractivity contribution in [2.75, 3.05) is 0 Å². The van der Waals surface area contributed by atoms with Gasteiger partial charge in [-0.2, -0.15) is 4.98 Å². The van der Waals surface area contributed by atoms with Crippen LogP contribution >= 0.6 is 11.6 Å². The maximum absolute atomic E-state index is 5.50. The first-order chi connectivity index (χ1) is 5.40. The summed E-state index contributed by atoms with van der Waals surface area (Å²) < 4.78 is 4.86.